The molecule has 5 aliphatic rings. The molecule has 9 aromatic carbocycles. The molecule has 1 aliphatic heterocycles. The molecule has 1 heterocycles. The van der Waals surface area contributed by atoms with Gasteiger partial charge in [-0.1, -0.05) is 184 Å². The van der Waals surface area contributed by atoms with E-state index in [4.69, 9.17) is 0 Å². The molecule has 0 fully saturated rings. The van der Waals surface area contributed by atoms with E-state index in [1.807, 2.05) is 0 Å². The summed E-state index contributed by atoms with van der Waals surface area (Å²) in [5.74, 6) is 0.139. The van der Waals surface area contributed by atoms with Crippen molar-refractivity contribution in [1.29, 1.82) is 0 Å². The Balaban J connectivity index is 0.938. The second-order valence-corrected chi connectivity index (χ2v) is 19.2. The van der Waals surface area contributed by atoms with Gasteiger partial charge < -0.3 is 9.80 Å². The summed E-state index contributed by atoms with van der Waals surface area (Å²) in [7, 11) is 0. The monoisotopic (exact) mass is 842 g/mol. The lowest BCUT2D eigenvalue weighted by Gasteiger charge is -2.32. The third-order valence-corrected chi connectivity index (χ3v) is 15.6. The van der Waals surface area contributed by atoms with Crippen LogP contribution in [0, 0.1) is 0 Å². The summed E-state index contributed by atoms with van der Waals surface area (Å²) >= 11 is 0. The minimum Gasteiger partial charge on any atom is -0.333 e. The molecule has 4 aliphatic carbocycles. The summed E-state index contributed by atoms with van der Waals surface area (Å²) in [4.78, 5) is 5.03. The summed E-state index contributed by atoms with van der Waals surface area (Å²) in [6.07, 6.45) is 7.36. The molecule has 0 aromatic heterocycles. The number of para-hydroxylation sites is 2. The average molecular weight is 843 g/mol. The molecule has 0 saturated carbocycles. The van der Waals surface area contributed by atoms with Gasteiger partial charge in [0.05, 0.1) is 11.5 Å². The predicted molar refractivity (Wildman–Crippen MR) is 274 cm³/mol. The Bertz CT molecular complexity index is 3470. The standard InChI is InChI=1S/C64H46N2/c1-63(2)55-25-13-9-21-47(55)51-33-29-42(38-59(51)63)41-30-35-61-53(37-41)54-39-45(32-36-62(54)66(61)44-19-7-4-8-20-44)65(43-17-5-3-6-18-43)46-31-34-52-50-24-12-16-28-58(50)64(60(52)40-46)56-26-14-10-22-48(56)49-23-11-15-27-57(49)64/h3-40,53,61H,1-2H3. The van der Waals surface area contributed by atoms with E-state index in [1.54, 1.807) is 0 Å². The molecule has 0 bridgehead atoms. The molecule has 312 valence electrons. The van der Waals surface area contributed by atoms with E-state index in [-0.39, 0.29) is 17.4 Å². The first-order chi connectivity index (χ1) is 32.5. The fourth-order valence-corrected chi connectivity index (χ4v) is 12.7. The van der Waals surface area contributed by atoms with Crippen LogP contribution in [0.3, 0.4) is 0 Å². The fraction of sp³-hybridized carbons (Fsp3) is 0.0938. The molecule has 0 radical (unpaired) electrons. The number of rotatable bonds is 5. The number of benzene rings is 9. The van der Waals surface area contributed by atoms with Crippen LogP contribution in [-0.4, -0.2) is 6.04 Å². The minimum absolute atomic E-state index is 0.0617. The molecule has 66 heavy (non-hydrogen) atoms. The van der Waals surface area contributed by atoms with Crippen LogP contribution < -0.4 is 9.80 Å². The van der Waals surface area contributed by atoms with Crippen molar-refractivity contribution in [1.82, 2.24) is 0 Å². The topological polar surface area (TPSA) is 6.48 Å². The predicted octanol–water partition coefficient (Wildman–Crippen LogP) is 16.1. The van der Waals surface area contributed by atoms with Gasteiger partial charge in [0.15, 0.2) is 0 Å². The summed E-state index contributed by atoms with van der Waals surface area (Å²) in [5.41, 5.74) is 25.4. The number of allylic oxidation sites excluding steroid dienone is 2. The summed E-state index contributed by atoms with van der Waals surface area (Å²) in [5, 5.41) is 0. The Kier molecular flexibility index (Phi) is 7.82. The highest BCUT2D eigenvalue weighted by Crippen LogP contribution is 2.63. The Hall–Kier alpha value is -7.94. The van der Waals surface area contributed by atoms with Crippen molar-refractivity contribution in [2.45, 2.75) is 36.6 Å². The minimum atomic E-state index is -0.427. The highest BCUT2D eigenvalue weighted by molar-refractivity contribution is 5.97. The van der Waals surface area contributed by atoms with Gasteiger partial charge in [-0.3, -0.25) is 0 Å². The van der Waals surface area contributed by atoms with Gasteiger partial charge in [0, 0.05) is 39.8 Å². The smallest absolute Gasteiger partial charge is 0.0726 e. The van der Waals surface area contributed by atoms with Crippen molar-refractivity contribution in [2.75, 3.05) is 9.80 Å². The largest absolute Gasteiger partial charge is 0.333 e. The van der Waals surface area contributed by atoms with Crippen molar-refractivity contribution in [2.24, 2.45) is 0 Å². The van der Waals surface area contributed by atoms with E-state index in [2.05, 4.69) is 254 Å². The van der Waals surface area contributed by atoms with Gasteiger partial charge in [-0.25, -0.2) is 0 Å². The zero-order valence-corrected chi connectivity index (χ0v) is 37.0. The number of anilines is 5. The molecule has 0 saturated heterocycles. The maximum atomic E-state index is 2.55. The van der Waals surface area contributed by atoms with E-state index < -0.39 is 5.41 Å². The molecule has 2 unspecified atom stereocenters. The van der Waals surface area contributed by atoms with Crippen LogP contribution in [0.2, 0.25) is 0 Å². The Morgan fingerprint density at radius 3 is 1.61 bits per heavy atom. The van der Waals surface area contributed by atoms with Crippen molar-refractivity contribution in [3.05, 3.63) is 275 Å². The van der Waals surface area contributed by atoms with Gasteiger partial charge in [0.25, 0.3) is 0 Å². The van der Waals surface area contributed by atoms with Crippen LogP contribution in [0.25, 0.3) is 39.0 Å². The summed E-state index contributed by atoms with van der Waals surface area (Å²) in [6, 6.07) is 79.8. The molecule has 0 amide bonds. The first-order valence-electron chi connectivity index (χ1n) is 23.4. The molecular formula is C64H46N2. The molecule has 14 rings (SSSR count). The van der Waals surface area contributed by atoms with Crippen LogP contribution in [0.1, 0.15) is 64.3 Å². The van der Waals surface area contributed by atoms with Crippen LogP contribution in [-0.2, 0) is 10.8 Å². The maximum Gasteiger partial charge on any atom is 0.0726 e. The third-order valence-electron chi connectivity index (χ3n) is 15.6. The van der Waals surface area contributed by atoms with Gasteiger partial charge in [0.1, 0.15) is 0 Å². The van der Waals surface area contributed by atoms with Gasteiger partial charge in [-0.15, -0.1) is 0 Å². The molecule has 2 atom stereocenters. The number of hydrogen-bond acceptors (Lipinski definition) is 2. The third kappa shape index (κ3) is 5.02. The fourth-order valence-electron chi connectivity index (χ4n) is 12.7. The summed E-state index contributed by atoms with van der Waals surface area (Å²) < 4.78 is 0. The quantitative estimate of drug-likeness (QED) is 0.170. The average Bonchev–Trinajstić information content (AvgIpc) is 4.04. The van der Waals surface area contributed by atoms with E-state index >= 15 is 0 Å². The van der Waals surface area contributed by atoms with Crippen LogP contribution >= 0.6 is 0 Å². The zero-order chi connectivity index (χ0) is 43.7. The van der Waals surface area contributed by atoms with E-state index in [0.717, 1.165) is 17.1 Å². The molecule has 9 aromatic rings. The van der Waals surface area contributed by atoms with Gasteiger partial charge in [-0.2, -0.15) is 0 Å². The zero-order valence-electron chi connectivity index (χ0n) is 37.0. The normalized spacial score (nSPS) is 17.8. The van der Waals surface area contributed by atoms with E-state index in [1.165, 1.54) is 94.8 Å². The Labute approximate surface area is 387 Å². The molecule has 2 heteroatoms. The highest BCUT2D eigenvalue weighted by Gasteiger charge is 2.52. The van der Waals surface area contributed by atoms with Crippen molar-refractivity contribution in [3.63, 3.8) is 0 Å². The van der Waals surface area contributed by atoms with Crippen molar-refractivity contribution in [3.8, 4) is 33.4 Å². The molecule has 0 N–H and O–H groups in total. The van der Waals surface area contributed by atoms with Crippen LogP contribution in [0.5, 0.6) is 0 Å². The Morgan fingerprint density at radius 1 is 0.424 bits per heavy atom. The van der Waals surface area contributed by atoms with Gasteiger partial charge >= 0.3 is 0 Å². The van der Waals surface area contributed by atoms with E-state index in [0.29, 0.717) is 0 Å². The second kappa shape index (κ2) is 13.8. The SMILES string of the molecule is CC1(C)c2ccccc2-c2ccc(C3=CC4c5cc(N(c6ccccc6)c6ccc7c(c6)C6(c8ccccc8-c8ccccc86)c6ccccc6-7)ccc5N(c5ccccc5)C4C=C3)cc21. The van der Waals surface area contributed by atoms with Crippen LogP contribution in [0.4, 0.5) is 28.4 Å². The molecule has 2 nitrogen and oxygen atoms in total. The lowest BCUT2D eigenvalue weighted by Crippen LogP contribution is -2.28. The lowest BCUT2D eigenvalue weighted by atomic mass is 9.70. The summed E-state index contributed by atoms with van der Waals surface area (Å²) in [6.45, 7) is 4.75. The van der Waals surface area contributed by atoms with Gasteiger partial charge in [0.2, 0.25) is 0 Å². The first kappa shape index (κ1) is 37.4. The van der Waals surface area contributed by atoms with Crippen LogP contribution in [0.15, 0.2) is 231 Å². The molecule has 1 spiro atoms. The Morgan fingerprint density at radius 2 is 0.939 bits per heavy atom. The van der Waals surface area contributed by atoms with E-state index in [9.17, 15) is 0 Å². The maximum absolute atomic E-state index is 2.55. The highest BCUT2D eigenvalue weighted by atomic mass is 15.2. The number of hydrogen-bond donors (Lipinski definition) is 0. The first-order valence-corrected chi connectivity index (χ1v) is 23.4. The van der Waals surface area contributed by atoms with Crippen molar-refractivity contribution < 1.29 is 0 Å². The van der Waals surface area contributed by atoms with Crippen molar-refractivity contribution >= 4 is 34.0 Å². The van der Waals surface area contributed by atoms with Gasteiger partial charge in [-0.05, 0) is 144 Å². The lowest BCUT2D eigenvalue weighted by molar-refractivity contribution is 0.660. The number of fused-ring (bicyclic) bond motifs is 16. The second-order valence-electron chi connectivity index (χ2n) is 19.2. The molecular weight excluding hydrogens is 797 g/mol. The number of nitrogens with zero attached hydrogens (tertiary/aromatic N) is 2.